The van der Waals surface area contributed by atoms with E-state index in [0.717, 1.165) is 6.54 Å². The van der Waals surface area contributed by atoms with Crippen molar-refractivity contribution in [1.82, 2.24) is 5.32 Å². The fraction of sp³-hybridized carbons (Fsp3) is 0.692. The Morgan fingerprint density at radius 1 is 1.33 bits per heavy atom. The summed E-state index contributed by atoms with van der Waals surface area (Å²) in [6, 6.07) is 2.92. The van der Waals surface area contributed by atoms with Crippen molar-refractivity contribution in [2.45, 2.75) is 52.0 Å². The fourth-order valence-electron chi connectivity index (χ4n) is 1.90. The summed E-state index contributed by atoms with van der Waals surface area (Å²) < 4.78 is 0. The molecule has 0 aliphatic rings. The van der Waals surface area contributed by atoms with Crippen molar-refractivity contribution in [3.05, 3.63) is 22.4 Å². The molecule has 0 saturated carbocycles. The van der Waals surface area contributed by atoms with Gasteiger partial charge in [-0.05, 0) is 41.8 Å². The van der Waals surface area contributed by atoms with Crippen molar-refractivity contribution in [2.75, 3.05) is 6.54 Å². The lowest BCUT2D eigenvalue weighted by Crippen LogP contribution is -2.30. The maximum absolute atomic E-state index is 3.58. The zero-order chi connectivity index (χ0) is 10.9. The molecule has 0 spiro atoms. The highest BCUT2D eigenvalue weighted by molar-refractivity contribution is 7.07. The summed E-state index contributed by atoms with van der Waals surface area (Å²) in [5, 5.41) is 8.02. The lowest BCUT2D eigenvalue weighted by atomic mass is 10.0. The van der Waals surface area contributed by atoms with E-state index in [1.54, 1.807) is 11.3 Å². The van der Waals surface area contributed by atoms with E-state index in [-0.39, 0.29) is 0 Å². The molecule has 0 radical (unpaired) electrons. The number of rotatable bonds is 8. The van der Waals surface area contributed by atoms with Gasteiger partial charge in [-0.2, -0.15) is 11.3 Å². The van der Waals surface area contributed by atoms with Gasteiger partial charge in [0.15, 0.2) is 0 Å². The Morgan fingerprint density at radius 2 is 2.20 bits per heavy atom. The molecule has 1 heterocycles. The normalized spacial score (nSPS) is 12.9. The highest BCUT2D eigenvalue weighted by atomic mass is 32.1. The van der Waals surface area contributed by atoms with E-state index in [1.165, 1.54) is 37.7 Å². The Kier molecular flexibility index (Phi) is 6.69. The minimum Gasteiger partial charge on any atom is -0.314 e. The Morgan fingerprint density at radius 3 is 2.80 bits per heavy atom. The van der Waals surface area contributed by atoms with E-state index in [4.69, 9.17) is 0 Å². The van der Waals surface area contributed by atoms with E-state index < -0.39 is 0 Å². The van der Waals surface area contributed by atoms with Crippen molar-refractivity contribution in [3.8, 4) is 0 Å². The van der Waals surface area contributed by atoms with Crippen LogP contribution in [0.3, 0.4) is 0 Å². The standard InChI is InChI=1S/C13H23NS/c1-3-5-6-7-13(14-4-2)10-12-8-9-15-11-12/h8-9,11,13-14H,3-7,10H2,1-2H3. The lowest BCUT2D eigenvalue weighted by molar-refractivity contribution is 0.467. The number of nitrogens with one attached hydrogen (secondary N) is 1. The van der Waals surface area contributed by atoms with Crippen LogP contribution in [0.5, 0.6) is 0 Å². The number of unbranched alkanes of at least 4 members (excludes halogenated alkanes) is 2. The number of hydrogen-bond acceptors (Lipinski definition) is 2. The van der Waals surface area contributed by atoms with Gasteiger partial charge in [0.1, 0.15) is 0 Å². The Labute approximate surface area is 97.9 Å². The molecule has 0 aliphatic heterocycles. The molecule has 1 aromatic heterocycles. The fourth-order valence-corrected chi connectivity index (χ4v) is 2.58. The summed E-state index contributed by atoms with van der Waals surface area (Å²) in [5.74, 6) is 0. The molecule has 0 amide bonds. The first-order chi connectivity index (χ1) is 7.36. The van der Waals surface area contributed by atoms with Crippen LogP contribution in [0.4, 0.5) is 0 Å². The maximum atomic E-state index is 3.58. The molecule has 0 fully saturated rings. The molecule has 15 heavy (non-hydrogen) atoms. The van der Waals surface area contributed by atoms with Crippen molar-refractivity contribution in [1.29, 1.82) is 0 Å². The summed E-state index contributed by atoms with van der Waals surface area (Å²) >= 11 is 1.80. The third kappa shape index (κ3) is 5.33. The van der Waals surface area contributed by atoms with Gasteiger partial charge in [-0.1, -0.05) is 33.1 Å². The van der Waals surface area contributed by atoms with Gasteiger partial charge in [-0.3, -0.25) is 0 Å². The highest BCUT2D eigenvalue weighted by Crippen LogP contribution is 2.12. The predicted molar refractivity (Wildman–Crippen MR) is 69.6 cm³/mol. The van der Waals surface area contributed by atoms with Crippen molar-refractivity contribution < 1.29 is 0 Å². The minimum atomic E-state index is 0.677. The second kappa shape index (κ2) is 7.89. The Hall–Kier alpha value is -0.340. The van der Waals surface area contributed by atoms with E-state index >= 15 is 0 Å². The summed E-state index contributed by atoms with van der Waals surface area (Å²) in [4.78, 5) is 0. The van der Waals surface area contributed by atoms with Gasteiger partial charge < -0.3 is 5.32 Å². The van der Waals surface area contributed by atoms with Gasteiger partial charge >= 0.3 is 0 Å². The van der Waals surface area contributed by atoms with Gasteiger partial charge in [0.05, 0.1) is 0 Å². The second-order valence-corrected chi connectivity index (χ2v) is 4.87. The molecule has 2 heteroatoms. The molecule has 0 bridgehead atoms. The lowest BCUT2D eigenvalue weighted by Gasteiger charge is -2.16. The predicted octanol–water partition coefficient (Wildman–Crippen LogP) is 3.85. The monoisotopic (exact) mass is 225 g/mol. The first kappa shape index (κ1) is 12.7. The third-order valence-corrected chi connectivity index (χ3v) is 3.44. The van der Waals surface area contributed by atoms with Crippen LogP contribution in [0.25, 0.3) is 0 Å². The summed E-state index contributed by atoms with van der Waals surface area (Å²) in [7, 11) is 0. The molecule has 0 saturated heterocycles. The van der Waals surface area contributed by atoms with Crippen molar-refractivity contribution >= 4 is 11.3 Å². The van der Waals surface area contributed by atoms with Gasteiger partial charge in [0.25, 0.3) is 0 Å². The zero-order valence-corrected chi connectivity index (χ0v) is 10.8. The average molecular weight is 225 g/mol. The van der Waals surface area contributed by atoms with Crippen LogP contribution in [0.1, 0.15) is 45.1 Å². The zero-order valence-electron chi connectivity index (χ0n) is 9.96. The van der Waals surface area contributed by atoms with E-state index in [2.05, 4.69) is 36.0 Å². The quantitative estimate of drug-likeness (QED) is 0.663. The molecular formula is C13H23NS. The topological polar surface area (TPSA) is 12.0 Å². The molecular weight excluding hydrogens is 202 g/mol. The van der Waals surface area contributed by atoms with E-state index in [1.807, 2.05) is 0 Å². The van der Waals surface area contributed by atoms with Gasteiger partial charge in [-0.15, -0.1) is 0 Å². The second-order valence-electron chi connectivity index (χ2n) is 4.09. The SMILES string of the molecule is CCCCCC(Cc1ccsc1)NCC. The Balaban J connectivity index is 2.29. The third-order valence-electron chi connectivity index (χ3n) is 2.71. The van der Waals surface area contributed by atoms with Crippen molar-refractivity contribution in [3.63, 3.8) is 0 Å². The molecule has 1 atom stereocenters. The molecule has 1 rings (SSSR count). The number of thiophene rings is 1. The van der Waals surface area contributed by atoms with Gasteiger partial charge in [0, 0.05) is 6.04 Å². The number of likely N-dealkylation sites (N-methyl/N-ethyl adjacent to an activating group) is 1. The van der Waals surface area contributed by atoms with Crippen molar-refractivity contribution in [2.24, 2.45) is 0 Å². The van der Waals surface area contributed by atoms with Gasteiger partial charge in [-0.25, -0.2) is 0 Å². The maximum Gasteiger partial charge on any atom is 0.0108 e. The Bertz CT molecular complexity index is 231. The molecule has 1 N–H and O–H groups in total. The van der Waals surface area contributed by atoms with E-state index in [0.29, 0.717) is 6.04 Å². The van der Waals surface area contributed by atoms with Crippen LogP contribution in [0, 0.1) is 0 Å². The van der Waals surface area contributed by atoms with E-state index in [9.17, 15) is 0 Å². The largest absolute Gasteiger partial charge is 0.314 e. The summed E-state index contributed by atoms with van der Waals surface area (Å²) in [6.07, 6.45) is 6.56. The number of hydrogen-bond donors (Lipinski definition) is 1. The molecule has 0 aliphatic carbocycles. The van der Waals surface area contributed by atoms with Crippen LogP contribution in [0.2, 0.25) is 0 Å². The summed E-state index contributed by atoms with van der Waals surface area (Å²) in [6.45, 7) is 5.54. The first-order valence-electron chi connectivity index (χ1n) is 6.11. The summed E-state index contributed by atoms with van der Waals surface area (Å²) in [5.41, 5.74) is 1.49. The molecule has 1 unspecified atom stereocenters. The van der Waals surface area contributed by atoms with Gasteiger partial charge in [0.2, 0.25) is 0 Å². The average Bonchev–Trinajstić information content (AvgIpc) is 2.71. The molecule has 1 nitrogen and oxygen atoms in total. The van der Waals surface area contributed by atoms with Crippen LogP contribution in [0.15, 0.2) is 16.8 Å². The highest BCUT2D eigenvalue weighted by Gasteiger charge is 2.07. The van der Waals surface area contributed by atoms with Crippen LogP contribution < -0.4 is 5.32 Å². The first-order valence-corrected chi connectivity index (χ1v) is 7.05. The molecule has 86 valence electrons. The van der Waals surface area contributed by atoms with Crippen LogP contribution in [-0.2, 0) is 6.42 Å². The molecule has 0 aromatic carbocycles. The minimum absolute atomic E-state index is 0.677. The molecule has 1 aromatic rings. The smallest absolute Gasteiger partial charge is 0.0108 e. The van der Waals surface area contributed by atoms with Crippen LogP contribution in [-0.4, -0.2) is 12.6 Å². The van der Waals surface area contributed by atoms with Crippen LogP contribution >= 0.6 is 11.3 Å².